The second-order valence-electron chi connectivity index (χ2n) is 8.34. The number of pyridine rings is 1. The molecule has 0 N–H and O–H groups in total. The minimum Gasteiger partial charge on any atom is -0.356 e. The zero-order valence-corrected chi connectivity index (χ0v) is 18.0. The van der Waals surface area contributed by atoms with Crippen molar-refractivity contribution < 1.29 is 4.79 Å². The van der Waals surface area contributed by atoms with Crippen LogP contribution < -0.4 is 9.91 Å². The van der Waals surface area contributed by atoms with Crippen LogP contribution in [0.5, 0.6) is 0 Å². The highest BCUT2D eigenvalue weighted by Crippen LogP contribution is 2.31. The summed E-state index contributed by atoms with van der Waals surface area (Å²) in [5.41, 5.74) is 5.29. The molecule has 156 valence electrons. The number of rotatable bonds is 3. The third-order valence-corrected chi connectivity index (χ3v) is 6.00. The number of aryl methyl sites for hydroxylation is 1. The molecule has 2 aromatic carbocycles. The van der Waals surface area contributed by atoms with Gasteiger partial charge in [-0.15, -0.1) is 0 Å². The predicted molar refractivity (Wildman–Crippen MR) is 128 cm³/mol. The highest BCUT2D eigenvalue weighted by atomic mass is 16.2. The molecule has 3 aromatic rings. The summed E-state index contributed by atoms with van der Waals surface area (Å²) in [6.07, 6.45) is 5.58. The molecule has 0 saturated carbocycles. The highest BCUT2D eigenvalue weighted by Gasteiger charge is 2.29. The number of hydrazone groups is 1. The standard InChI is InChI=1S/C26H26N4O/c1-18-11-12-20-16-21(25(27-24(20)15-18)29-13-7-4-8-14-29)17-23-19(2)28-30(26(23)31)22-9-5-3-6-10-22/h3,5-6,9-12,15-17H,4,7-8,13-14H2,1-2H3. The van der Waals surface area contributed by atoms with E-state index in [-0.39, 0.29) is 5.91 Å². The van der Waals surface area contributed by atoms with E-state index in [0.29, 0.717) is 5.57 Å². The van der Waals surface area contributed by atoms with E-state index in [0.717, 1.165) is 46.8 Å². The van der Waals surface area contributed by atoms with Crippen molar-refractivity contribution in [2.24, 2.45) is 5.10 Å². The summed E-state index contributed by atoms with van der Waals surface area (Å²) < 4.78 is 0. The topological polar surface area (TPSA) is 48.8 Å². The Hall–Kier alpha value is -3.47. The second kappa shape index (κ2) is 7.99. The summed E-state index contributed by atoms with van der Waals surface area (Å²) in [6, 6.07) is 18.1. The van der Waals surface area contributed by atoms with Gasteiger partial charge in [0.1, 0.15) is 5.82 Å². The summed E-state index contributed by atoms with van der Waals surface area (Å²) >= 11 is 0. The van der Waals surface area contributed by atoms with Gasteiger partial charge in [0.15, 0.2) is 0 Å². The number of nitrogens with zero attached hydrogens (tertiary/aromatic N) is 4. The molecule has 2 aliphatic heterocycles. The SMILES string of the molecule is CC1=NN(c2ccccc2)C(=O)C1=Cc1cc2ccc(C)cc2nc1N1CCCCC1. The van der Waals surface area contributed by atoms with Gasteiger partial charge in [-0.2, -0.15) is 10.1 Å². The third kappa shape index (κ3) is 3.72. The lowest BCUT2D eigenvalue weighted by molar-refractivity contribution is -0.114. The maximum atomic E-state index is 13.2. The molecule has 0 radical (unpaired) electrons. The first-order chi connectivity index (χ1) is 15.1. The van der Waals surface area contributed by atoms with Gasteiger partial charge < -0.3 is 4.90 Å². The van der Waals surface area contributed by atoms with E-state index in [1.165, 1.54) is 29.8 Å². The van der Waals surface area contributed by atoms with Crippen LogP contribution in [0.3, 0.4) is 0 Å². The first-order valence-corrected chi connectivity index (χ1v) is 10.9. The van der Waals surface area contributed by atoms with Crippen LogP contribution in [-0.2, 0) is 4.79 Å². The van der Waals surface area contributed by atoms with Crippen molar-refractivity contribution in [3.05, 3.63) is 71.3 Å². The van der Waals surface area contributed by atoms with Crippen molar-refractivity contribution in [3.63, 3.8) is 0 Å². The third-order valence-electron chi connectivity index (χ3n) is 6.00. The van der Waals surface area contributed by atoms with E-state index in [2.05, 4.69) is 41.2 Å². The number of carbonyl (C=O) groups is 1. The number of hydrogen-bond donors (Lipinski definition) is 0. The largest absolute Gasteiger partial charge is 0.356 e. The van der Waals surface area contributed by atoms with Gasteiger partial charge in [0, 0.05) is 24.0 Å². The Balaban J connectivity index is 1.60. The molecule has 3 heterocycles. The van der Waals surface area contributed by atoms with E-state index in [1.807, 2.05) is 43.3 Å². The van der Waals surface area contributed by atoms with Gasteiger partial charge >= 0.3 is 0 Å². The van der Waals surface area contributed by atoms with Crippen LogP contribution in [0.4, 0.5) is 11.5 Å². The van der Waals surface area contributed by atoms with E-state index in [4.69, 9.17) is 4.98 Å². The quantitative estimate of drug-likeness (QED) is 0.548. The Morgan fingerprint density at radius 2 is 1.71 bits per heavy atom. The smallest absolute Gasteiger partial charge is 0.280 e. The van der Waals surface area contributed by atoms with Crippen molar-refractivity contribution in [2.45, 2.75) is 33.1 Å². The van der Waals surface area contributed by atoms with Gasteiger partial charge in [-0.3, -0.25) is 4.79 Å². The molecular formula is C26H26N4O. The van der Waals surface area contributed by atoms with Crippen LogP contribution in [-0.4, -0.2) is 29.7 Å². The lowest BCUT2D eigenvalue weighted by atomic mass is 10.0. The Morgan fingerprint density at radius 3 is 2.48 bits per heavy atom. The van der Waals surface area contributed by atoms with E-state index < -0.39 is 0 Å². The van der Waals surface area contributed by atoms with Crippen LogP contribution >= 0.6 is 0 Å². The normalized spacial score (nSPS) is 18.2. The van der Waals surface area contributed by atoms with Crippen molar-refractivity contribution >= 4 is 40.1 Å². The summed E-state index contributed by atoms with van der Waals surface area (Å²) in [5.74, 6) is 0.862. The number of piperidine rings is 1. The number of hydrogen-bond acceptors (Lipinski definition) is 4. The molecule has 0 atom stereocenters. The van der Waals surface area contributed by atoms with Crippen molar-refractivity contribution in [2.75, 3.05) is 23.0 Å². The molecule has 1 saturated heterocycles. The van der Waals surface area contributed by atoms with Crippen molar-refractivity contribution in [1.82, 2.24) is 4.98 Å². The van der Waals surface area contributed by atoms with Crippen molar-refractivity contribution in [3.8, 4) is 0 Å². The monoisotopic (exact) mass is 410 g/mol. The zero-order valence-electron chi connectivity index (χ0n) is 18.0. The van der Waals surface area contributed by atoms with Crippen LogP contribution in [0, 0.1) is 6.92 Å². The van der Waals surface area contributed by atoms with Crippen LogP contribution in [0.25, 0.3) is 17.0 Å². The molecule has 2 aliphatic rings. The fraction of sp³-hybridized carbons (Fsp3) is 0.269. The molecule has 0 aliphatic carbocycles. The maximum Gasteiger partial charge on any atom is 0.280 e. The first kappa shape index (κ1) is 19.5. The average molecular weight is 411 g/mol. The zero-order chi connectivity index (χ0) is 21.4. The van der Waals surface area contributed by atoms with Gasteiger partial charge in [-0.05, 0) is 69.0 Å². The lowest BCUT2D eigenvalue weighted by Crippen LogP contribution is -2.31. The van der Waals surface area contributed by atoms with Gasteiger partial charge in [-0.25, -0.2) is 4.98 Å². The average Bonchev–Trinajstić information content (AvgIpc) is 3.08. The van der Waals surface area contributed by atoms with Crippen LogP contribution in [0.1, 0.15) is 37.3 Å². The summed E-state index contributed by atoms with van der Waals surface area (Å²) in [5, 5.41) is 7.10. The number of para-hydroxylation sites is 1. The van der Waals surface area contributed by atoms with Crippen molar-refractivity contribution in [1.29, 1.82) is 0 Å². The summed E-state index contributed by atoms with van der Waals surface area (Å²) in [7, 11) is 0. The van der Waals surface area contributed by atoms with Gasteiger partial charge in [0.05, 0.1) is 22.5 Å². The molecule has 0 unspecified atom stereocenters. The molecule has 0 bridgehead atoms. The Kier molecular flexibility index (Phi) is 5.02. The van der Waals surface area contributed by atoms with Gasteiger partial charge in [-0.1, -0.05) is 30.3 Å². The molecule has 5 heteroatoms. The Labute approximate surface area is 182 Å². The fourth-order valence-corrected chi connectivity index (χ4v) is 4.33. The minimum absolute atomic E-state index is 0.0997. The number of fused-ring (bicyclic) bond motifs is 1. The van der Waals surface area contributed by atoms with Gasteiger partial charge in [0.2, 0.25) is 0 Å². The molecule has 1 aromatic heterocycles. The molecule has 1 fully saturated rings. The Morgan fingerprint density at radius 1 is 0.935 bits per heavy atom. The maximum absolute atomic E-state index is 13.2. The minimum atomic E-state index is -0.0997. The van der Waals surface area contributed by atoms with E-state index in [9.17, 15) is 4.79 Å². The number of carbonyl (C=O) groups excluding carboxylic acids is 1. The second-order valence-corrected chi connectivity index (χ2v) is 8.34. The van der Waals surface area contributed by atoms with Crippen LogP contribution in [0.2, 0.25) is 0 Å². The number of benzene rings is 2. The molecule has 1 amide bonds. The first-order valence-electron chi connectivity index (χ1n) is 10.9. The molecule has 0 spiro atoms. The molecule has 5 nitrogen and oxygen atoms in total. The van der Waals surface area contributed by atoms with E-state index in [1.54, 1.807) is 0 Å². The molecule has 31 heavy (non-hydrogen) atoms. The number of anilines is 2. The summed E-state index contributed by atoms with van der Waals surface area (Å²) in [4.78, 5) is 20.6. The van der Waals surface area contributed by atoms with E-state index >= 15 is 0 Å². The Bertz CT molecular complexity index is 1210. The number of amides is 1. The lowest BCUT2D eigenvalue weighted by Gasteiger charge is -2.29. The molecule has 5 rings (SSSR count). The highest BCUT2D eigenvalue weighted by molar-refractivity contribution is 6.32. The number of aromatic nitrogens is 1. The van der Waals surface area contributed by atoms with Crippen LogP contribution in [0.15, 0.2) is 65.3 Å². The summed E-state index contributed by atoms with van der Waals surface area (Å²) in [6.45, 7) is 5.98. The predicted octanol–water partition coefficient (Wildman–Crippen LogP) is 5.34. The molecular weight excluding hydrogens is 384 g/mol. The fourth-order valence-electron chi connectivity index (χ4n) is 4.33. The van der Waals surface area contributed by atoms with Gasteiger partial charge in [0.25, 0.3) is 5.91 Å².